The van der Waals surface area contributed by atoms with Crippen LogP contribution in [0.1, 0.15) is 35.0 Å². The van der Waals surface area contributed by atoms with E-state index in [1.165, 1.54) is 43.5 Å². The highest BCUT2D eigenvalue weighted by molar-refractivity contribution is 6.03. The van der Waals surface area contributed by atoms with Crippen molar-refractivity contribution in [2.24, 2.45) is 11.3 Å². The van der Waals surface area contributed by atoms with Gasteiger partial charge in [-0.2, -0.15) is 0 Å². The van der Waals surface area contributed by atoms with Crippen LogP contribution in [0.3, 0.4) is 0 Å². The maximum Gasteiger partial charge on any atom is 0.327 e. The van der Waals surface area contributed by atoms with E-state index in [4.69, 9.17) is 14.2 Å². The summed E-state index contributed by atoms with van der Waals surface area (Å²) in [6.45, 7) is 0. The Bertz CT molecular complexity index is 1180. The lowest BCUT2D eigenvalue weighted by Gasteiger charge is -2.27. The van der Waals surface area contributed by atoms with Crippen LogP contribution in [-0.2, 0) is 23.8 Å². The average molecular weight is 450 g/mol. The van der Waals surface area contributed by atoms with Crippen molar-refractivity contribution in [2.75, 3.05) is 7.11 Å². The molecule has 0 amide bonds. The maximum absolute atomic E-state index is 13.7. The van der Waals surface area contributed by atoms with E-state index in [9.17, 15) is 18.4 Å². The van der Waals surface area contributed by atoms with Crippen LogP contribution in [0.15, 0.2) is 78.9 Å². The number of halogens is 2. The van der Waals surface area contributed by atoms with Gasteiger partial charge in [-0.3, -0.25) is 9.59 Å². The van der Waals surface area contributed by atoms with E-state index in [-0.39, 0.29) is 0 Å². The zero-order valence-electron chi connectivity index (χ0n) is 17.6. The highest BCUT2D eigenvalue weighted by Crippen LogP contribution is 2.66. The quantitative estimate of drug-likeness (QED) is 0.420. The molecule has 2 aliphatic heterocycles. The van der Waals surface area contributed by atoms with Gasteiger partial charge >= 0.3 is 11.9 Å². The number of fused-ring (bicyclic) bond motifs is 1. The van der Waals surface area contributed by atoms with E-state index in [2.05, 4.69) is 0 Å². The van der Waals surface area contributed by atoms with Crippen LogP contribution >= 0.6 is 0 Å². The van der Waals surface area contributed by atoms with E-state index >= 15 is 0 Å². The molecule has 0 aliphatic carbocycles. The summed E-state index contributed by atoms with van der Waals surface area (Å²) < 4.78 is 44.6. The van der Waals surface area contributed by atoms with Gasteiger partial charge in [0.15, 0.2) is 0 Å². The number of cyclic esters (lactones) is 1. The van der Waals surface area contributed by atoms with Crippen LogP contribution in [-0.4, -0.2) is 19.0 Å². The Labute approximate surface area is 188 Å². The molecule has 0 bridgehead atoms. The van der Waals surface area contributed by atoms with Crippen LogP contribution in [0.25, 0.3) is 0 Å². The van der Waals surface area contributed by atoms with Gasteiger partial charge in [0.1, 0.15) is 23.8 Å². The number of hydrogen-bond acceptors (Lipinski definition) is 5. The van der Waals surface area contributed by atoms with Gasteiger partial charge in [-0.1, -0.05) is 54.6 Å². The van der Waals surface area contributed by atoms with Gasteiger partial charge in [0, 0.05) is 0 Å². The highest BCUT2D eigenvalue weighted by Gasteiger charge is 2.74. The smallest absolute Gasteiger partial charge is 0.327 e. The largest absolute Gasteiger partial charge is 0.468 e. The SMILES string of the molecule is COC(=O)[C@]12C(=O)O[C@H](c3ccccc3)[C@H]1[C@@H](c1ccc(F)cc1)O[C@H]2c1ccc(F)cc1. The average Bonchev–Trinajstić information content (AvgIpc) is 3.35. The van der Waals surface area contributed by atoms with E-state index < -0.39 is 53.2 Å². The van der Waals surface area contributed by atoms with Crippen molar-refractivity contribution in [2.45, 2.75) is 18.3 Å². The number of rotatable bonds is 4. The third kappa shape index (κ3) is 3.23. The van der Waals surface area contributed by atoms with Gasteiger partial charge in [0.2, 0.25) is 5.41 Å². The van der Waals surface area contributed by atoms with Crippen LogP contribution in [0.4, 0.5) is 8.78 Å². The van der Waals surface area contributed by atoms with Crippen molar-refractivity contribution >= 4 is 11.9 Å². The van der Waals surface area contributed by atoms with Crippen molar-refractivity contribution in [1.82, 2.24) is 0 Å². The lowest BCUT2D eigenvalue weighted by molar-refractivity contribution is -0.170. The molecular formula is C26H20F2O5. The Hall–Kier alpha value is -3.58. The van der Waals surface area contributed by atoms with Crippen molar-refractivity contribution in [3.05, 3.63) is 107 Å². The minimum atomic E-state index is -1.83. The van der Waals surface area contributed by atoms with Crippen molar-refractivity contribution in [3.63, 3.8) is 0 Å². The Morgan fingerprint density at radius 1 is 0.818 bits per heavy atom. The van der Waals surface area contributed by atoms with E-state index in [1.807, 2.05) is 18.2 Å². The number of carbonyl (C=O) groups is 2. The molecule has 168 valence electrons. The standard InChI is InChI=1S/C26H20F2O5/c1-31-24(29)26-20(22(33-25(26)30)15-5-3-2-4-6-15)21(16-7-11-18(27)12-8-16)32-23(26)17-9-13-19(28)14-10-17/h2-14,20-23H,1H3/t20-,21-,22-,23+,26+/m1/s1. The topological polar surface area (TPSA) is 61.8 Å². The van der Waals surface area contributed by atoms with Gasteiger partial charge in [-0.05, 0) is 41.0 Å². The molecule has 0 spiro atoms. The lowest BCUT2D eigenvalue weighted by atomic mass is 9.67. The normalized spacial score (nSPS) is 28.3. The zero-order chi connectivity index (χ0) is 23.2. The molecule has 5 nitrogen and oxygen atoms in total. The summed E-state index contributed by atoms with van der Waals surface area (Å²) in [5.41, 5.74) is -0.121. The van der Waals surface area contributed by atoms with E-state index in [0.717, 1.165) is 0 Å². The molecule has 0 aromatic heterocycles. The second-order valence-electron chi connectivity index (χ2n) is 8.16. The fourth-order valence-electron chi connectivity index (χ4n) is 5.01. The number of hydrogen-bond donors (Lipinski definition) is 0. The molecule has 33 heavy (non-hydrogen) atoms. The summed E-state index contributed by atoms with van der Waals surface area (Å²) >= 11 is 0. The molecule has 5 atom stereocenters. The van der Waals surface area contributed by atoms with Crippen molar-refractivity contribution in [3.8, 4) is 0 Å². The lowest BCUT2D eigenvalue weighted by Crippen LogP contribution is -2.44. The second-order valence-corrected chi connectivity index (χ2v) is 8.16. The molecule has 0 N–H and O–H groups in total. The predicted octanol–water partition coefficient (Wildman–Crippen LogP) is 4.85. The first-order valence-corrected chi connectivity index (χ1v) is 10.5. The first-order chi connectivity index (χ1) is 16.0. The molecule has 5 rings (SSSR count). The third-order valence-corrected chi connectivity index (χ3v) is 6.47. The first kappa shape index (κ1) is 21.3. The predicted molar refractivity (Wildman–Crippen MR) is 113 cm³/mol. The second kappa shape index (κ2) is 8.08. The maximum atomic E-state index is 13.7. The zero-order valence-corrected chi connectivity index (χ0v) is 17.6. The molecule has 3 aromatic carbocycles. The Kier molecular flexibility index (Phi) is 5.21. The molecule has 2 heterocycles. The molecule has 2 fully saturated rings. The first-order valence-electron chi connectivity index (χ1n) is 10.5. The van der Waals surface area contributed by atoms with Crippen molar-refractivity contribution < 1.29 is 32.6 Å². The Morgan fingerprint density at radius 2 is 1.36 bits per heavy atom. The van der Waals surface area contributed by atoms with Crippen LogP contribution in [0.5, 0.6) is 0 Å². The van der Waals surface area contributed by atoms with Gasteiger partial charge in [-0.15, -0.1) is 0 Å². The van der Waals surface area contributed by atoms with Crippen molar-refractivity contribution in [1.29, 1.82) is 0 Å². The Morgan fingerprint density at radius 3 is 1.94 bits per heavy atom. The Balaban J connectivity index is 1.73. The molecule has 2 saturated heterocycles. The van der Waals surface area contributed by atoms with Gasteiger partial charge in [0.05, 0.1) is 19.1 Å². The summed E-state index contributed by atoms with van der Waals surface area (Å²) in [5.74, 6) is -3.27. The number of ether oxygens (including phenoxy) is 3. The molecule has 3 aromatic rings. The monoisotopic (exact) mass is 450 g/mol. The fraction of sp³-hybridized carbons (Fsp3) is 0.231. The molecule has 0 radical (unpaired) electrons. The fourth-order valence-corrected chi connectivity index (χ4v) is 5.01. The number of esters is 2. The molecule has 0 unspecified atom stereocenters. The number of methoxy groups -OCH3 is 1. The third-order valence-electron chi connectivity index (χ3n) is 6.47. The van der Waals surface area contributed by atoms with Crippen LogP contribution in [0.2, 0.25) is 0 Å². The molecule has 0 saturated carbocycles. The summed E-state index contributed by atoms with van der Waals surface area (Å²) in [7, 11) is 1.20. The number of benzene rings is 3. The van der Waals surface area contributed by atoms with E-state index in [0.29, 0.717) is 16.7 Å². The number of carbonyl (C=O) groups excluding carboxylic acids is 2. The molecular weight excluding hydrogens is 430 g/mol. The minimum Gasteiger partial charge on any atom is -0.468 e. The highest BCUT2D eigenvalue weighted by atomic mass is 19.1. The van der Waals surface area contributed by atoms with E-state index in [1.54, 1.807) is 24.3 Å². The summed E-state index contributed by atoms with van der Waals surface area (Å²) in [4.78, 5) is 26.9. The molecule has 2 aliphatic rings. The van der Waals surface area contributed by atoms with Gasteiger partial charge in [0.25, 0.3) is 0 Å². The van der Waals surface area contributed by atoms with Crippen LogP contribution < -0.4 is 0 Å². The van der Waals surface area contributed by atoms with Crippen LogP contribution in [0, 0.1) is 23.0 Å². The summed E-state index contributed by atoms with van der Waals surface area (Å²) in [5, 5.41) is 0. The minimum absolute atomic E-state index is 0.426. The van der Waals surface area contributed by atoms with Gasteiger partial charge < -0.3 is 14.2 Å². The van der Waals surface area contributed by atoms with Gasteiger partial charge in [-0.25, -0.2) is 8.78 Å². The summed E-state index contributed by atoms with van der Waals surface area (Å²) in [6.07, 6.45) is -2.69. The summed E-state index contributed by atoms with van der Waals surface area (Å²) in [6, 6.07) is 20.2. The molecule has 7 heteroatoms.